The average Bonchev–Trinajstić information content (AvgIpc) is 3.30. The van der Waals surface area contributed by atoms with Gasteiger partial charge in [-0.1, -0.05) is 0 Å². The van der Waals surface area contributed by atoms with E-state index in [4.69, 9.17) is 4.74 Å². The number of amides is 1. The molecule has 1 aliphatic heterocycles. The van der Waals surface area contributed by atoms with E-state index in [0.717, 1.165) is 30.8 Å². The van der Waals surface area contributed by atoms with Crippen LogP contribution in [0.15, 0.2) is 30.0 Å². The van der Waals surface area contributed by atoms with Crippen molar-refractivity contribution in [3.05, 3.63) is 35.0 Å². The van der Waals surface area contributed by atoms with E-state index in [9.17, 15) is 4.79 Å². The van der Waals surface area contributed by atoms with Gasteiger partial charge in [-0.05, 0) is 25.3 Å². The Hall–Kier alpha value is -2.55. The second-order valence-electron chi connectivity index (χ2n) is 5.56. The highest BCUT2D eigenvalue weighted by atomic mass is 32.1. The fraction of sp³-hybridized carbons (Fsp3) is 0.400. The lowest BCUT2D eigenvalue weighted by Crippen LogP contribution is -2.41. The second kappa shape index (κ2) is 6.52. The zero-order valence-corrected chi connectivity index (χ0v) is 13.7. The van der Waals surface area contributed by atoms with E-state index < -0.39 is 0 Å². The Kier molecular flexibility index (Phi) is 4.08. The van der Waals surface area contributed by atoms with E-state index >= 15 is 0 Å². The minimum atomic E-state index is -0.0412. The molecule has 0 aliphatic carbocycles. The summed E-state index contributed by atoms with van der Waals surface area (Å²) in [4.78, 5) is 18.9. The Balaban J connectivity index is 1.44. The molecule has 0 saturated carbocycles. The molecule has 24 heavy (non-hydrogen) atoms. The van der Waals surface area contributed by atoms with Gasteiger partial charge in [0.1, 0.15) is 11.3 Å². The van der Waals surface area contributed by atoms with Gasteiger partial charge in [0.15, 0.2) is 12.3 Å². The summed E-state index contributed by atoms with van der Waals surface area (Å²) < 4.78 is 7.08. The lowest BCUT2D eigenvalue weighted by molar-refractivity contribution is -0.137. The molecule has 0 unspecified atom stereocenters. The first-order valence-corrected chi connectivity index (χ1v) is 8.68. The van der Waals surface area contributed by atoms with E-state index in [2.05, 4.69) is 20.3 Å². The van der Waals surface area contributed by atoms with Crippen molar-refractivity contribution in [3.63, 3.8) is 0 Å². The topological polar surface area (TPSA) is 85.5 Å². The number of likely N-dealkylation sites (tertiary alicyclic amines) is 1. The zero-order valence-electron chi connectivity index (χ0n) is 12.9. The van der Waals surface area contributed by atoms with Crippen LogP contribution in [0.5, 0.6) is 5.88 Å². The Labute approximate surface area is 142 Å². The number of fused-ring (bicyclic) bond motifs is 1. The van der Waals surface area contributed by atoms with Crippen molar-refractivity contribution in [2.45, 2.75) is 25.3 Å². The van der Waals surface area contributed by atoms with Gasteiger partial charge in [-0.25, -0.2) is 4.98 Å². The fourth-order valence-electron chi connectivity index (χ4n) is 2.89. The number of nitrogens with zero attached hydrogens (tertiary/aromatic N) is 6. The highest BCUT2D eigenvalue weighted by Crippen LogP contribution is 2.32. The van der Waals surface area contributed by atoms with Crippen molar-refractivity contribution in [2.24, 2.45) is 0 Å². The Morgan fingerprint density at radius 1 is 1.38 bits per heavy atom. The molecule has 124 valence electrons. The van der Waals surface area contributed by atoms with Crippen LogP contribution in [0.2, 0.25) is 0 Å². The Morgan fingerprint density at radius 2 is 2.33 bits per heavy atom. The lowest BCUT2D eigenvalue weighted by Gasteiger charge is -2.34. The largest absolute Gasteiger partial charge is 0.467 e. The molecule has 1 fully saturated rings. The SMILES string of the molecule is O=C(COc1ccc2nncn2n1)N1CCCC[C@H]1c1nccs1. The molecule has 0 aromatic carbocycles. The van der Waals surface area contributed by atoms with Gasteiger partial charge in [-0.3, -0.25) is 4.79 Å². The summed E-state index contributed by atoms with van der Waals surface area (Å²) in [6.45, 7) is 0.701. The smallest absolute Gasteiger partial charge is 0.261 e. The van der Waals surface area contributed by atoms with Crippen LogP contribution in [0.25, 0.3) is 5.65 Å². The van der Waals surface area contributed by atoms with Gasteiger partial charge in [0.05, 0.1) is 6.04 Å². The number of piperidine rings is 1. The lowest BCUT2D eigenvalue weighted by atomic mass is 10.0. The molecule has 0 radical (unpaired) electrons. The first-order chi connectivity index (χ1) is 11.8. The number of carbonyl (C=O) groups excluding carboxylic acids is 1. The first-order valence-electron chi connectivity index (χ1n) is 7.80. The number of ether oxygens (including phenoxy) is 1. The van der Waals surface area contributed by atoms with Crippen LogP contribution in [0.3, 0.4) is 0 Å². The van der Waals surface area contributed by atoms with Gasteiger partial charge in [0.25, 0.3) is 5.91 Å². The minimum Gasteiger partial charge on any atom is -0.467 e. The number of carbonyl (C=O) groups is 1. The molecule has 0 bridgehead atoms. The average molecular weight is 344 g/mol. The summed E-state index contributed by atoms with van der Waals surface area (Å²) in [6.07, 6.45) is 6.35. The molecule has 3 aromatic rings. The molecule has 4 rings (SSSR count). The number of aromatic nitrogens is 5. The van der Waals surface area contributed by atoms with E-state index in [1.807, 2.05) is 10.3 Å². The molecule has 8 nitrogen and oxygen atoms in total. The zero-order chi connectivity index (χ0) is 16.4. The third-order valence-electron chi connectivity index (χ3n) is 4.04. The number of thiazole rings is 1. The molecule has 9 heteroatoms. The molecule has 3 aromatic heterocycles. The third-order valence-corrected chi connectivity index (χ3v) is 4.92. The monoisotopic (exact) mass is 344 g/mol. The Morgan fingerprint density at radius 3 is 3.21 bits per heavy atom. The van der Waals surface area contributed by atoms with Gasteiger partial charge in [-0.2, -0.15) is 4.52 Å². The van der Waals surface area contributed by atoms with Crippen LogP contribution in [0.1, 0.15) is 30.3 Å². The van der Waals surface area contributed by atoms with Crippen molar-refractivity contribution in [1.29, 1.82) is 0 Å². The van der Waals surface area contributed by atoms with Crippen LogP contribution in [0.4, 0.5) is 0 Å². The molecular weight excluding hydrogens is 328 g/mol. The van der Waals surface area contributed by atoms with E-state index in [1.165, 1.54) is 10.8 Å². The van der Waals surface area contributed by atoms with E-state index in [-0.39, 0.29) is 18.6 Å². The summed E-state index contributed by atoms with van der Waals surface area (Å²) in [5, 5.41) is 14.8. The standard InChI is InChI=1S/C15H16N6O2S/c22-14(9-23-13-5-4-12-18-17-10-21(12)19-13)20-7-2-1-3-11(20)15-16-6-8-24-15/h4-6,8,10-11H,1-3,7,9H2/t11-/m0/s1. The molecule has 1 amide bonds. The molecule has 1 saturated heterocycles. The maximum Gasteiger partial charge on any atom is 0.261 e. The second-order valence-corrected chi connectivity index (χ2v) is 6.49. The van der Waals surface area contributed by atoms with Crippen LogP contribution < -0.4 is 4.74 Å². The summed E-state index contributed by atoms with van der Waals surface area (Å²) in [6, 6.07) is 3.49. The van der Waals surface area contributed by atoms with Crippen LogP contribution in [0, 0.1) is 0 Å². The number of rotatable bonds is 4. The summed E-state index contributed by atoms with van der Waals surface area (Å²) in [5.41, 5.74) is 0.633. The highest BCUT2D eigenvalue weighted by molar-refractivity contribution is 7.09. The van der Waals surface area contributed by atoms with Crippen molar-refractivity contribution in [1.82, 2.24) is 29.7 Å². The minimum absolute atomic E-state index is 0.0392. The normalized spacial score (nSPS) is 18.0. The van der Waals surface area contributed by atoms with E-state index in [1.54, 1.807) is 29.7 Å². The molecule has 0 spiro atoms. The highest BCUT2D eigenvalue weighted by Gasteiger charge is 2.29. The molecule has 4 heterocycles. The van der Waals surface area contributed by atoms with Gasteiger partial charge in [0, 0.05) is 24.2 Å². The maximum atomic E-state index is 12.6. The summed E-state index contributed by atoms with van der Waals surface area (Å²) in [5.74, 6) is 0.332. The fourth-order valence-corrected chi connectivity index (χ4v) is 3.68. The predicted octanol–water partition coefficient (Wildman–Crippen LogP) is 1.71. The Bertz CT molecular complexity index is 833. The van der Waals surface area contributed by atoms with Gasteiger partial charge in [0.2, 0.25) is 5.88 Å². The third kappa shape index (κ3) is 2.94. The van der Waals surface area contributed by atoms with Gasteiger partial charge in [-0.15, -0.1) is 26.6 Å². The van der Waals surface area contributed by atoms with Gasteiger partial charge < -0.3 is 9.64 Å². The summed E-state index contributed by atoms with van der Waals surface area (Å²) >= 11 is 1.59. The molecule has 1 atom stereocenters. The van der Waals surface area contributed by atoms with Crippen LogP contribution in [-0.4, -0.2) is 48.8 Å². The quantitative estimate of drug-likeness (QED) is 0.716. The molecule has 0 N–H and O–H groups in total. The maximum absolute atomic E-state index is 12.6. The van der Waals surface area contributed by atoms with Crippen LogP contribution >= 0.6 is 11.3 Å². The van der Waals surface area contributed by atoms with E-state index in [0.29, 0.717) is 11.5 Å². The van der Waals surface area contributed by atoms with Crippen molar-refractivity contribution >= 4 is 22.9 Å². The van der Waals surface area contributed by atoms with Crippen molar-refractivity contribution in [3.8, 4) is 5.88 Å². The predicted molar refractivity (Wildman–Crippen MR) is 86.7 cm³/mol. The molecule has 1 aliphatic rings. The first kappa shape index (κ1) is 15.0. The summed E-state index contributed by atoms with van der Waals surface area (Å²) in [7, 11) is 0. The number of hydrogen-bond donors (Lipinski definition) is 0. The molecular formula is C15H16N6O2S. The van der Waals surface area contributed by atoms with Gasteiger partial charge >= 0.3 is 0 Å². The van der Waals surface area contributed by atoms with Crippen molar-refractivity contribution < 1.29 is 9.53 Å². The van der Waals surface area contributed by atoms with Crippen LogP contribution in [-0.2, 0) is 4.79 Å². The number of hydrogen-bond acceptors (Lipinski definition) is 7. The van der Waals surface area contributed by atoms with Crippen molar-refractivity contribution in [2.75, 3.05) is 13.2 Å².